The molecule has 0 amide bonds. The third-order valence-corrected chi connectivity index (χ3v) is 4.09. The van der Waals surface area contributed by atoms with Gasteiger partial charge in [-0.3, -0.25) is 9.59 Å². The lowest BCUT2D eigenvalue weighted by atomic mass is 10.1. The van der Waals surface area contributed by atoms with Gasteiger partial charge in [0.2, 0.25) is 0 Å². The number of carbonyl (C=O) groups is 3. The third kappa shape index (κ3) is 6.31. The highest BCUT2D eigenvalue weighted by Crippen LogP contribution is 2.25. The van der Waals surface area contributed by atoms with Gasteiger partial charge < -0.3 is 23.9 Å². The van der Waals surface area contributed by atoms with Crippen LogP contribution in [0.1, 0.15) is 31.1 Å². The van der Waals surface area contributed by atoms with Crippen molar-refractivity contribution in [2.24, 2.45) is 5.92 Å². The van der Waals surface area contributed by atoms with E-state index in [-0.39, 0.29) is 36.8 Å². The zero-order chi connectivity index (χ0) is 23.5. The van der Waals surface area contributed by atoms with Crippen molar-refractivity contribution in [2.75, 3.05) is 25.1 Å². The van der Waals surface area contributed by atoms with Gasteiger partial charge in [-0.25, -0.2) is 9.59 Å². The first-order chi connectivity index (χ1) is 15.4. The number of ether oxygens (including phenoxy) is 3. The van der Waals surface area contributed by atoms with E-state index < -0.39 is 29.5 Å². The summed E-state index contributed by atoms with van der Waals surface area (Å²) in [6.07, 6.45) is 2.41. The summed E-state index contributed by atoms with van der Waals surface area (Å²) in [7, 11) is 0. The fraction of sp³-hybridized carbons (Fsp3) is 0.304. The van der Waals surface area contributed by atoms with Crippen molar-refractivity contribution in [1.82, 2.24) is 0 Å². The molecule has 0 aliphatic carbocycles. The molecule has 9 heteroatoms. The van der Waals surface area contributed by atoms with Crippen molar-refractivity contribution in [3.63, 3.8) is 0 Å². The second-order valence-electron chi connectivity index (χ2n) is 6.26. The lowest BCUT2D eigenvalue weighted by Gasteiger charge is -2.11. The molecule has 170 valence electrons. The average molecular weight is 443 g/mol. The molecule has 0 spiro atoms. The monoisotopic (exact) mass is 443 g/mol. The summed E-state index contributed by atoms with van der Waals surface area (Å²) in [6.45, 7) is 5.19. The Morgan fingerprint density at radius 1 is 0.969 bits per heavy atom. The number of hydrogen-bond acceptors (Lipinski definition) is 9. The molecule has 1 heterocycles. The number of benzene rings is 1. The number of esters is 3. The molecule has 0 unspecified atom stereocenters. The molecule has 0 fully saturated rings. The molecular formula is C23H25NO8. The van der Waals surface area contributed by atoms with Crippen LogP contribution in [0.15, 0.2) is 57.9 Å². The molecule has 0 bridgehead atoms. The van der Waals surface area contributed by atoms with Crippen LogP contribution in [0.25, 0.3) is 11.3 Å². The van der Waals surface area contributed by atoms with E-state index in [1.54, 1.807) is 51.1 Å². The first-order valence-corrected chi connectivity index (χ1v) is 10.1. The van der Waals surface area contributed by atoms with E-state index in [1.165, 1.54) is 18.3 Å². The van der Waals surface area contributed by atoms with Crippen LogP contribution in [0.4, 0.5) is 5.69 Å². The average Bonchev–Trinajstić information content (AvgIpc) is 2.78. The summed E-state index contributed by atoms with van der Waals surface area (Å²) >= 11 is 0. The quantitative estimate of drug-likeness (QED) is 0.335. The Labute approximate surface area is 185 Å². The molecule has 2 rings (SSSR count). The van der Waals surface area contributed by atoms with Gasteiger partial charge in [-0.05, 0) is 39.1 Å². The maximum absolute atomic E-state index is 12.5. The first kappa shape index (κ1) is 24.4. The number of nitrogens with one attached hydrogen (secondary N) is 1. The molecule has 1 aromatic heterocycles. The minimum Gasteiger partial charge on any atom is -0.465 e. The number of rotatable bonds is 10. The Kier molecular flexibility index (Phi) is 9.22. The third-order valence-electron chi connectivity index (χ3n) is 4.09. The molecule has 0 radical (unpaired) electrons. The molecule has 2 aromatic rings. The SMILES string of the molecule is CCOC(=O)c1cc(N/C=C/C(C(=O)OCC)C(=O)OCC)c(=O)oc1-c1ccccc1. The molecule has 1 aromatic carbocycles. The molecule has 0 aliphatic rings. The lowest BCUT2D eigenvalue weighted by molar-refractivity contribution is -0.158. The normalized spacial score (nSPS) is 10.8. The van der Waals surface area contributed by atoms with Crippen molar-refractivity contribution in [3.8, 4) is 11.3 Å². The number of carbonyl (C=O) groups excluding carboxylic acids is 3. The highest BCUT2D eigenvalue weighted by molar-refractivity contribution is 5.97. The maximum Gasteiger partial charge on any atom is 0.360 e. The molecule has 9 nitrogen and oxygen atoms in total. The number of hydrogen-bond donors (Lipinski definition) is 1. The van der Waals surface area contributed by atoms with E-state index in [0.29, 0.717) is 5.56 Å². The van der Waals surface area contributed by atoms with Crippen LogP contribution in [0.5, 0.6) is 0 Å². The second kappa shape index (κ2) is 12.1. The Morgan fingerprint density at radius 2 is 1.56 bits per heavy atom. The molecular weight excluding hydrogens is 418 g/mol. The van der Waals surface area contributed by atoms with Crippen molar-refractivity contribution in [2.45, 2.75) is 20.8 Å². The van der Waals surface area contributed by atoms with Gasteiger partial charge >= 0.3 is 23.5 Å². The van der Waals surface area contributed by atoms with Crippen molar-refractivity contribution >= 4 is 23.6 Å². The van der Waals surface area contributed by atoms with Gasteiger partial charge in [-0.15, -0.1) is 0 Å². The molecule has 1 N–H and O–H groups in total. The number of anilines is 1. The Balaban J connectivity index is 2.37. The standard InChI is InChI=1S/C23H25NO8/c1-4-29-20(25)16(21(26)30-5-2)12-13-24-18-14-17(22(27)31-6-3)19(32-23(18)28)15-10-8-7-9-11-15/h7-14,16,24H,4-6H2,1-3H3/b13-12+. The van der Waals surface area contributed by atoms with Gasteiger partial charge in [0.25, 0.3) is 0 Å². The van der Waals surface area contributed by atoms with Gasteiger partial charge in [0.15, 0.2) is 11.7 Å². The van der Waals surface area contributed by atoms with E-state index in [4.69, 9.17) is 18.6 Å². The Morgan fingerprint density at radius 3 is 2.12 bits per heavy atom. The van der Waals surface area contributed by atoms with E-state index in [0.717, 1.165) is 0 Å². The topological polar surface area (TPSA) is 121 Å². The molecule has 0 saturated heterocycles. The minimum atomic E-state index is -1.32. The summed E-state index contributed by atoms with van der Waals surface area (Å²) in [6, 6.07) is 9.94. The van der Waals surface area contributed by atoms with Crippen LogP contribution in [0.2, 0.25) is 0 Å². The molecule has 0 saturated carbocycles. The summed E-state index contributed by atoms with van der Waals surface area (Å²) in [5, 5.41) is 2.64. The zero-order valence-electron chi connectivity index (χ0n) is 18.1. The van der Waals surface area contributed by atoms with E-state index >= 15 is 0 Å². The van der Waals surface area contributed by atoms with Crippen LogP contribution >= 0.6 is 0 Å². The highest BCUT2D eigenvalue weighted by Gasteiger charge is 2.27. The Bertz CT molecular complexity index is 1010. The van der Waals surface area contributed by atoms with Crippen LogP contribution in [-0.4, -0.2) is 37.7 Å². The maximum atomic E-state index is 12.5. The summed E-state index contributed by atoms with van der Waals surface area (Å²) in [5.41, 5.74) is -0.277. The summed E-state index contributed by atoms with van der Waals surface area (Å²) in [5.74, 6) is -3.49. The fourth-order valence-electron chi connectivity index (χ4n) is 2.69. The molecule has 0 atom stereocenters. The van der Waals surface area contributed by atoms with E-state index in [1.807, 2.05) is 0 Å². The largest absolute Gasteiger partial charge is 0.465 e. The van der Waals surface area contributed by atoms with Crippen molar-refractivity contribution < 1.29 is 33.0 Å². The van der Waals surface area contributed by atoms with Crippen LogP contribution in [0.3, 0.4) is 0 Å². The summed E-state index contributed by atoms with van der Waals surface area (Å²) < 4.78 is 20.2. The van der Waals surface area contributed by atoms with Gasteiger partial charge in [-0.2, -0.15) is 0 Å². The smallest absolute Gasteiger partial charge is 0.360 e. The van der Waals surface area contributed by atoms with Crippen molar-refractivity contribution in [3.05, 3.63) is 64.7 Å². The van der Waals surface area contributed by atoms with Gasteiger partial charge in [0.05, 0.1) is 19.8 Å². The first-order valence-electron chi connectivity index (χ1n) is 10.1. The van der Waals surface area contributed by atoms with Gasteiger partial charge in [0.1, 0.15) is 11.3 Å². The molecule has 32 heavy (non-hydrogen) atoms. The predicted molar refractivity (Wildman–Crippen MR) is 116 cm³/mol. The van der Waals surface area contributed by atoms with E-state index in [9.17, 15) is 19.2 Å². The molecule has 0 aliphatic heterocycles. The zero-order valence-corrected chi connectivity index (χ0v) is 18.1. The van der Waals surface area contributed by atoms with Gasteiger partial charge in [-0.1, -0.05) is 30.3 Å². The minimum absolute atomic E-state index is 0.0425. The van der Waals surface area contributed by atoms with Gasteiger partial charge in [0, 0.05) is 5.56 Å². The lowest BCUT2D eigenvalue weighted by Crippen LogP contribution is -2.26. The second-order valence-corrected chi connectivity index (χ2v) is 6.26. The highest BCUT2D eigenvalue weighted by atomic mass is 16.6. The predicted octanol–water partition coefficient (Wildman–Crippen LogP) is 3.15. The summed E-state index contributed by atoms with van der Waals surface area (Å²) in [4.78, 5) is 49.0. The van der Waals surface area contributed by atoms with E-state index in [2.05, 4.69) is 5.32 Å². The van der Waals surface area contributed by atoms with Crippen LogP contribution in [-0.2, 0) is 23.8 Å². The van der Waals surface area contributed by atoms with Crippen molar-refractivity contribution in [1.29, 1.82) is 0 Å². The van der Waals surface area contributed by atoms with Crippen LogP contribution in [0, 0.1) is 5.92 Å². The Hall–Kier alpha value is -3.88. The fourth-order valence-corrected chi connectivity index (χ4v) is 2.69. The van der Waals surface area contributed by atoms with Crippen LogP contribution < -0.4 is 10.9 Å².